The molecule has 2 N–H and O–H groups in total. The fraction of sp³-hybridized carbons (Fsp3) is 0.100. The molecule has 0 atom stereocenters. The number of ether oxygens (including phenoxy) is 2. The molecule has 0 spiro atoms. The summed E-state index contributed by atoms with van der Waals surface area (Å²) in [5, 5.41) is 21.0. The molecule has 1 aromatic heterocycles. The van der Waals surface area contributed by atoms with E-state index in [1.54, 1.807) is 36.4 Å². The number of halogens is 1. The second-order valence-electron chi connectivity index (χ2n) is 6.01. The van der Waals surface area contributed by atoms with Crippen LogP contribution in [0.15, 0.2) is 47.3 Å². The molecule has 154 valence electrons. The maximum Gasteiger partial charge on any atom is 0.395 e. The molecule has 0 unspecified atom stereocenters. The Balaban J connectivity index is 1.89. The van der Waals surface area contributed by atoms with Crippen molar-refractivity contribution in [2.24, 2.45) is 0 Å². The van der Waals surface area contributed by atoms with Crippen LogP contribution in [0.1, 0.15) is 17.0 Å². The minimum absolute atomic E-state index is 0.0606. The summed E-state index contributed by atoms with van der Waals surface area (Å²) in [6, 6.07) is 12.4. The number of aromatic hydroxyl groups is 1. The highest BCUT2D eigenvalue weighted by Gasteiger charge is 2.21. The number of aromatic nitrogens is 2. The minimum Gasteiger partial charge on any atom is -0.493 e. The number of H-pyrrole nitrogens is 1. The summed E-state index contributed by atoms with van der Waals surface area (Å²) in [5.74, 6) is -0.0957. The number of methoxy groups -OCH3 is 1. The van der Waals surface area contributed by atoms with Gasteiger partial charge >= 0.3 is 11.2 Å². The van der Waals surface area contributed by atoms with E-state index in [1.807, 2.05) is 12.1 Å². The summed E-state index contributed by atoms with van der Waals surface area (Å²) < 4.78 is 11.3. The molecule has 0 aliphatic rings. The van der Waals surface area contributed by atoms with Crippen LogP contribution in [0.2, 0.25) is 5.02 Å². The molecular weight excluding hydrogens is 414 g/mol. The van der Waals surface area contributed by atoms with E-state index in [0.717, 1.165) is 5.56 Å². The molecule has 10 heteroatoms. The Kier molecular flexibility index (Phi) is 6.33. The van der Waals surface area contributed by atoms with Crippen LogP contribution in [0.4, 0.5) is 5.69 Å². The summed E-state index contributed by atoms with van der Waals surface area (Å²) in [7, 11) is 1.51. The fourth-order valence-electron chi connectivity index (χ4n) is 2.60. The van der Waals surface area contributed by atoms with Gasteiger partial charge in [0.2, 0.25) is 0 Å². The summed E-state index contributed by atoms with van der Waals surface area (Å²) in [6.07, 6.45) is 2.96. The maximum atomic E-state index is 11.8. The number of hydrogen-bond donors (Lipinski definition) is 2. The van der Waals surface area contributed by atoms with E-state index in [4.69, 9.17) is 21.1 Å². The van der Waals surface area contributed by atoms with Gasteiger partial charge < -0.3 is 19.6 Å². The smallest absolute Gasteiger partial charge is 0.395 e. The lowest BCUT2D eigenvalue weighted by Crippen LogP contribution is -2.14. The SMILES string of the molecule is COc1cccc(/C=C/c2nc(O)c([N+](=O)[O-])c(=O)[nH]2)c1OCc1ccc(Cl)cc1. The standard InChI is InChI=1S/C20H16ClN3O6/c1-29-15-4-2-3-13(18(15)30-11-12-5-8-14(21)9-6-12)7-10-16-22-19(25)17(24(27)28)20(26)23-16/h2-10H,11H2,1H3,(H2,22,23,25,26)/b10-7+. The largest absolute Gasteiger partial charge is 0.493 e. The monoisotopic (exact) mass is 429 g/mol. The molecule has 0 bridgehead atoms. The third-order valence-corrected chi connectivity index (χ3v) is 4.28. The molecule has 0 aliphatic heterocycles. The first-order chi connectivity index (χ1) is 14.4. The van der Waals surface area contributed by atoms with Crippen molar-refractivity contribution in [2.45, 2.75) is 6.61 Å². The Bertz CT molecular complexity index is 1160. The first kappa shape index (κ1) is 20.9. The lowest BCUT2D eigenvalue weighted by Gasteiger charge is -2.13. The molecule has 0 saturated heterocycles. The van der Waals surface area contributed by atoms with Crippen LogP contribution in [0.3, 0.4) is 0 Å². The second kappa shape index (κ2) is 9.10. The van der Waals surface area contributed by atoms with Gasteiger partial charge in [-0.2, -0.15) is 4.98 Å². The molecule has 3 rings (SSSR count). The topological polar surface area (TPSA) is 128 Å². The second-order valence-corrected chi connectivity index (χ2v) is 6.44. The number of benzene rings is 2. The van der Waals surface area contributed by atoms with Crippen molar-refractivity contribution in [3.8, 4) is 17.4 Å². The van der Waals surface area contributed by atoms with Crippen molar-refractivity contribution in [1.82, 2.24) is 9.97 Å². The van der Waals surface area contributed by atoms with Crippen molar-refractivity contribution in [3.05, 3.63) is 84.9 Å². The molecule has 0 aliphatic carbocycles. The normalized spacial score (nSPS) is 10.9. The number of rotatable bonds is 7. The van der Waals surface area contributed by atoms with E-state index in [-0.39, 0.29) is 12.4 Å². The lowest BCUT2D eigenvalue weighted by atomic mass is 10.1. The zero-order chi connectivity index (χ0) is 21.7. The van der Waals surface area contributed by atoms with Crippen molar-refractivity contribution >= 4 is 29.4 Å². The molecule has 1 heterocycles. The van der Waals surface area contributed by atoms with Crippen LogP contribution in [-0.2, 0) is 6.61 Å². The highest BCUT2D eigenvalue weighted by Crippen LogP contribution is 2.33. The molecule has 9 nitrogen and oxygen atoms in total. The fourth-order valence-corrected chi connectivity index (χ4v) is 2.73. The Hall–Kier alpha value is -3.85. The van der Waals surface area contributed by atoms with Crippen LogP contribution in [0, 0.1) is 10.1 Å². The first-order valence-electron chi connectivity index (χ1n) is 8.59. The van der Waals surface area contributed by atoms with Crippen molar-refractivity contribution in [2.75, 3.05) is 7.11 Å². The van der Waals surface area contributed by atoms with Gasteiger partial charge in [0.25, 0.3) is 5.88 Å². The van der Waals surface area contributed by atoms with Crippen molar-refractivity contribution in [3.63, 3.8) is 0 Å². The Labute approximate surface area is 175 Å². The van der Waals surface area contributed by atoms with Gasteiger partial charge in [0.05, 0.1) is 12.0 Å². The number of aromatic amines is 1. The van der Waals surface area contributed by atoms with E-state index in [0.29, 0.717) is 22.1 Å². The van der Waals surface area contributed by atoms with Gasteiger partial charge in [-0.3, -0.25) is 14.9 Å². The third-order valence-electron chi connectivity index (χ3n) is 4.02. The van der Waals surface area contributed by atoms with E-state index in [9.17, 15) is 20.0 Å². The average molecular weight is 430 g/mol. The van der Waals surface area contributed by atoms with E-state index >= 15 is 0 Å². The summed E-state index contributed by atoms with van der Waals surface area (Å²) in [6.45, 7) is 0.256. The van der Waals surface area contributed by atoms with Crippen LogP contribution in [-0.4, -0.2) is 27.1 Å². The highest BCUT2D eigenvalue weighted by atomic mass is 35.5. The van der Waals surface area contributed by atoms with Crippen LogP contribution in [0.25, 0.3) is 12.2 Å². The van der Waals surface area contributed by atoms with Crippen LogP contribution >= 0.6 is 11.6 Å². The van der Waals surface area contributed by atoms with Crippen LogP contribution in [0.5, 0.6) is 17.4 Å². The quantitative estimate of drug-likeness (QED) is 0.432. The lowest BCUT2D eigenvalue weighted by molar-refractivity contribution is -0.387. The van der Waals surface area contributed by atoms with Crippen LogP contribution < -0.4 is 15.0 Å². The number of para-hydroxylation sites is 1. The van der Waals surface area contributed by atoms with Crippen molar-refractivity contribution < 1.29 is 19.5 Å². The molecule has 3 aromatic rings. The molecule has 2 aromatic carbocycles. The summed E-state index contributed by atoms with van der Waals surface area (Å²) in [5.41, 5.74) is -0.576. The van der Waals surface area contributed by atoms with Gasteiger partial charge in [0.1, 0.15) is 12.4 Å². The summed E-state index contributed by atoms with van der Waals surface area (Å²) in [4.78, 5) is 27.4. The van der Waals surface area contributed by atoms with E-state index in [2.05, 4.69) is 9.97 Å². The average Bonchev–Trinajstić information content (AvgIpc) is 2.71. The van der Waals surface area contributed by atoms with Gasteiger partial charge in [-0.1, -0.05) is 35.9 Å². The van der Waals surface area contributed by atoms with Gasteiger partial charge in [0.15, 0.2) is 11.5 Å². The van der Waals surface area contributed by atoms with Gasteiger partial charge in [-0.25, -0.2) is 0 Å². The zero-order valence-corrected chi connectivity index (χ0v) is 16.4. The Morgan fingerprint density at radius 2 is 1.97 bits per heavy atom. The number of nitrogens with zero attached hydrogens (tertiary/aromatic N) is 2. The van der Waals surface area contributed by atoms with Gasteiger partial charge in [0, 0.05) is 10.6 Å². The van der Waals surface area contributed by atoms with E-state index in [1.165, 1.54) is 13.2 Å². The Morgan fingerprint density at radius 1 is 1.23 bits per heavy atom. The molecule has 0 saturated carbocycles. The third kappa shape index (κ3) is 4.76. The van der Waals surface area contributed by atoms with Crippen molar-refractivity contribution in [1.29, 1.82) is 0 Å². The molecular formula is C20H16ClN3O6. The minimum atomic E-state index is -1.06. The van der Waals surface area contributed by atoms with Gasteiger partial charge in [-0.05, 0) is 35.9 Å². The molecule has 30 heavy (non-hydrogen) atoms. The number of hydrogen-bond acceptors (Lipinski definition) is 7. The highest BCUT2D eigenvalue weighted by molar-refractivity contribution is 6.30. The van der Waals surface area contributed by atoms with E-state index < -0.39 is 22.0 Å². The summed E-state index contributed by atoms with van der Waals surface area (Å²) >= 11 is 5.89. The molecule has 0 radical (unpaired) electrons. The molecule has 0 amide bonds. The first-order valence-corrected chi connectivity index (χ1v) is 8.97. The number of nitrogens with one attached hydrogen (secondary N) is 1. The predicted molar refractivity (Wildman–Crippen MR) is 111 cm³/mol. The maximum absolute atomic E-state index is 11.8. The van der Waals surface area contributed by atoms with Gasteiger partial charge in [-0.15, -0.1) is 0 Å². The Morgan fingerprint density at radius 3 is 2.60 bits per heavy atom. The predicted octanol–water partition coefficient (Wildman–Crippen LogP) is 3.80. The zero-order valence-electron chi connectivity index (χ0n) is 15.7. The number of nitro groups is 1. The molecule has 0 fully saturated rings.